The molecule has 0 radical (unpaired) electrons. The van der Waals surface area contributed by atoms with Gasteiger partial charge in [0.1, 0.15) is 0 Å². The molecule has 1 rings (SSSR count). The second-order valence-corrected chi connectivity index (χ2v) is 4.71. The van der Waals surface area contributed by atoms with Crippen molar-refractivity contribution in [1.82, 2.24) is 5.32 Å². The van der Waals surface area contributed by atoms with E-state index in [0.717, 1.165) is 5.56 Å². The fourth-order valence-electron chi connectivity index (χ4n) is 1.77. The Kier molecular flexibility index (Phi) is 6.28. The molecule has 1 unspecified atom stereocenters. The van der Waals surface area contributed by atoms with Gasteiger partial charge in [0.05, 0.1) is 12.5 Å². The van der Waals surface area contributed by atoms with E-state index in [0.29, 0.717) is 12.1 Å². The number of rotatable bonds is 6. The second kappa shape index (κ2) is 7.95. The van der Waals surface area contributed by atoms with Crippen LogP contribution in [-0.4, -0.2) is 29.7 Å². The maximum atomic E-state index is 12.3. The van der Waals surface area contributed by atoms with E-state index in [9.17, 15) is 9.59 Å². The summed E-state index contributed by atoms with van der Waals surface area (Å²) < 4.78 is 0. The lowest BCUT2D eigenvalue weighted by Gasteiger charge is -2.24. The van der Waals surface area contributed by atoms with Gasteiger partial charge in [-0.25, -0.2) is 4.79 Å². The smallest absolute Gasteiger partial charge is 0.322 e. The molecule has 0 aliphatic heterocycles. The van der Waals surface area contributed by atoms with Crippen molar-refractivity contribution >= 4 is 17.7 Å². The van der Waals surface area contributed by atoms with Gasteiger partial charge in [-0.1, -0.05) is 30.5 Å². The van der Waals surface area contributed by atoms with E-state index in [1.807, 2.05) is 26.0 Å². The lowest BCUT2D eigenvalue weighted by atomic mass is 10.2. The highest BCUT2D eigenvalue weighted by Gasteiger charge is 2.18. The number of nitrogens with one attached hydrogen (secondary N) is 1. The first kappa shape index (κ1) is 16.6. The number of carboxylic acids is 1. The minimum absolute atomic E-state index is 0.0885. The van der Waals surface area contributed by atoms with Crippen molar-refractivity contribution in [2.75, 3.05) is 11.4 Å². The van der Waals surface area contributed by atoms with Crippen LogP contribution in [0.1, 0.15) is 25.3 Å². The van der Waals surface area contributed by atoms with Gasteiger partial charge in [-0.3, -0.25) is 9.69 Å². The van der Waals surface area contributed by atoms with E-state index in [2.05, 4.69) is 11.2 Å². The number of urea groups is 1. The number of terminal acetylenes is 1. The number of carbonyl (C=O) groups excluding carboxylic acids is 1. The van der Waals surface area contributed by atoms with E-state index in [1.165, 1.54) is 4.90 Å². The fourth-order valence-corrected chi connectivity index (χ4v) is 1.77. The van der Waals surface area contributed by atoms with E-state index < -0.39 is 5.97 Å². The highest BCUT2D eigenvalue weighted by Crippen LogP contribution is 2.16. The number of nitrogens with zero attached hydrogens (tertiary/aromatic N) is 1. The quantitative estimate of drug-likeness (QED) is 0.790. The number of hydrogen-bond donors (Lipinski definition) is 2. The van der Waals surface area contributed by atoms with Gasteiger partial charge in [-0.2, -0.15) is 0 Å². The Balaban J connectivity index is 2.91. The molecule has 0 saturated heterocycles. The molecule has 0 aromatic heterocycles. The first-order chi connectivity index (χ1) is 9.97. The molecule has 21 heavy (non-hydrogen) atoms. The molecule has 112 valence electrons. The molecule has 5 heteroatoms. The summed E-state index contributed by atoms with van der Waals surface area (Å²) in [6.45, 7) is 3.90. The summed E-state index contributed by atoms with van der Waals surface area (Å²) in [6.07, 6.45) is 5.82. The molecule has 1 atom stereocenters. The molecular formula is C16H20N2O3. The summed E-state index contributed by atoms with van der Waals surface area (Å²) in [5.74, 6) is 1.53. The Morgan fingerprint density at radius 2 is 2.00 bits per heavy atom. The molecule has 2 amide bonds. The zero-order chi connectivity index (χ0) is 15.8. The lowest BCUT2D eigenvalue weighted by molar-refractivity contribution is -0.136. The van der Waals surface area contributed by atoms with Crippen LogP contribution in [0.15, 0.2) is 24.3 Å². The summed E-state index contributed by atoms with van der Waals surface area (Å²) in [5, 5.41) is 11.5. The van der Waals surface area contributed by atoms with Crippen molar-refractivity contribution in [3.05, 3.63) is 29.8 Å². The van der Waals surface area contributed by atoms with Crippen LogP contribution in [-0.2, 0) is 4.79 Å². The van der Waals surface area contributed by atoms with Crippen molar-refractivity contribution in [2.24, 2.45) is 0 Å². The number of anilines is 1. The van der Waals surface area contributed by atoms with Gasteiger partial charge in [0.2, 0.25) is 0 Å². The summed E-state index contributed by atoms with van der Waals surface area (Å²) in [4.78, 5) is 24.4. The Labute approximate surface area is 125 Å². The van der Waals surface area contributed by atoms with Crippen molar-refractivity contribution < 1.29 is 14.7 Å². The monoisotopic (exact) mass is 288 g/mol. The topological polar surface area (TPSA) is 69.6 Å². The van der Waals surface area contributed by atoms with Crippen molar-refractivity contribution in [3.8, 4) is 12.3 Å². The van der Waals surface area contributed by atoms with Gasteiger partial charge >= 0.3 is 12.0 Å². The maximum Gasteiger partial charge on any atom is 0.322 e. The number of aliphatic carboxylic acids is 1. The Bertz CT molecular complexity index is 531. The van der Waals surface area contributed by atoms with Gasteiger partial charge in [-0.05, 0) is 25.5 Å². The Morgan fingerprint density at radius 1 is 1.38 bits per heavy atom. The lowest BCUT2D eigenvalue weighted by Crippen LogP contribution is -2.45. The predicted octanol–water partition coefficient (Wildman–Crippen LogP) is 2.40. The third-order valence-corrected chi connectivity index (χ3v) is 3.05. The zero-order valence-corrected chi connectivity index (χ0v) is 12.3. The number of hydrogen-bond acceptors (Lipinski definition) is 2. The molecule has 2 N–H and O–H groups in total. The largest absolute Gasteiger partial charge is 0.481 e. The standard InChI is InChI=1S/C16H20N2O3/c1-4-13(5-2)17-16(21)18(11-10-15(19)20)14-8-6-12(3)7-9-14/h1,6-9,13H,5,10-11H2,2-3H3,(H,17,21)(H,19,20). The summed E-state index contributed by atoms with van der Waals surface area (Å²) in [7, 11) is 0. The third-order valence-electron chi connectivity index (χ3n) is 3.05. The van der Waals surface area contributed by atoms with Crippen LogP contribution in [0.25, 0.3) is 0 Å². The summed E-state index contributed by atoms with van der Waals surface area (Å²) in [5.41, 5.74) is 1.71. The van der Waals surface area contributed by atoms with E-state index in [-0.39, 0.29) is 25.0 Å². The number of carboxylic acid groups (broad SMARTS) is 1. The van der Waals surface area contributed by atoms with Crippen molar-refractivity contribution in [1.29, 1.82) is 0 Å². The summed E-state index contributed by atoms with van der Waals surface area (Å²) >= 11 is 0. The molecule has 1 aromatic rings. The second-order valence-electron chi connectivity index (χ2n) is 4.71. The predicted molar refractivity (Wildman–Crippen MR) is 82.2 cm³/mol. The fraction of sp³-hybridized carbons (Fsp3) is 0.375. The van der Waals surface area contributed by atoms with Gasteiger partial charge in [0, 0.05) is 12.2 Å². The average Bonchev–Trinajstić information content (AvgIpc) is 2.46. The molecule has 1 aromatic carbocycles. The average molecular weight is 288 g/mol. The molecule has 0 aliphatic rings. The molecule has 0 saturated carbocycles. The summed E-state index contributed by atoms with van der Waals surface area (Å²) in [6, 6.07) is 6.56. The zero-order valence-electron chi connectivity index (χ0n) is 12.3. The third kappa shape index (κ3) is 5.19. The molecule has 0 spiro atoms. The highest BCUT2D eigenvalue weighted by molar-refractivity contribution is 5.92. The number of benzene rings is 1. The Morgan fingerprint density at radius 3 is 2.48 bits per heavy atom. The van der Waals surface area contributed by atoms with E-state index >= 15 is 0 Å². The SMILES string of the molecule is C#CC(CC)NC(=O)N(CCC(=O)O)c1ccc(C)cc1. The van der Waals surface area contributed by atoms with Gasteiger partial charge in [-0.15, -0.1) is 6.42 Å². The minimum Gasteiger partial charge on any atom is -0.481 e. The molecule has 0 heterocycles. The van der Waals surface area contributed by atoms with Crippen molar-refractivity contribution in [2.45, 2.75) is 32.7 Å². The highest BCUT2D eigenvalue weighted by atomic mass is 16.4. The van der Waals surface area contributed by atoms with Crippen LogP contribution in [0.5, 0.6) is 0 Å². The van der Waals surface area contributed by atoms with Crippen LogP contribution in [0.3, 0.4) is 0 Å². The molecule has 0 fully saturated rings. The maximum absolute atomic E-state index is 12.3. The van der Waals surface area contributed by atoms with Crippen LogP contribution in [0.4, 0.5) is 10.5 Å². The molecular weight excluding hydrogens is 268 g/mol. The minimum atomic E-state index is -0.955. The molecule has 0 bridgehead atoms. The number of aryl methyl sites for hydroxylation is 1. The number of amides is 2. The van der Waals surface area contributed by atoms with Crippen LogP contribution >= 0.6 is 0 Å². The van der Waals surface area contributed by atoms with Crippen molar-refractivity contribution in [3.63, 3.8) is 0 Å². The van der Waals surface area contributed by atoms with Crippen LogP contribution in [0.2, 0.25) is 0 Å². The van der Waals surface area contributed by atoms with E-state index in [4.69, 9.17) is 11.5 Å². The Hall–Kier alpha value is -2.48. The molecule has 0 aliphatic carbocycles. The van der Waals surface area contributed by atoms with Crippen LogP contribution < -0.4 is 10.2 Å². The van der Waals surface area contributed by atoms with E-state index in [1.54, 1.807) is 12.1 Å². The number of carbonyl (C=O) groups is 2. The van der Waals surface area contributed by atoms with Gasteiger partial charge in [0.25, 0.3) is 0 Å². The van der Waals surface area contributed by atoms with Gasteiger partial charge in [0.15, 0.2) is 0 Å². The normalized spacial score (nSPS) is 11.3. The molecule has 5 nitrogen and oxygen atoms in total. The first-order valence-corrected chi connectivity index (χ1v) is 6.80. The first-order valence-electron chi connectivity index (χ1n) is 6.80. The van der Waals surface area contributed by atoms with Gasteiger partial charge < -0.3 is 10.4 Å². The van der Waals surface area contributed by atoms with Crippen LogP contribution in [0, 0.1) is 19.3 Å².